The van der Waals surface area contributed by atoms with Crippen LogP contribution in [0.2, 0.25) is 0 Å². The Morgan fingerprint density at radius 1 is 1.32 bits per heavy atom. The van der Waals surface area contributed by atoms with Crippen LogP contribution in [0.5, 0.6) is 0 Å². The van der Waals surface area contributed by atoms with Crippen molar-refractivity contribution in [3.63, 3.8) is 0 Å². The lowest BCUT2D eigenvalue weighted by atomic mass is 10.1. The minimum Gasteiger partial charge on any atom is -0.481 e. The van der Waals surface area contributed by atoms with Gasteiger partial charge in [-0.1, -0.05) is 12.1 Å². The highest BCUT2D eigenvalue weighted by atomic mass is 32.2. The maximum atomic E-state index is 10.6. The number of carbonyl (C=O) groups is 1. The van der Waals surface area contributed by atoms with Crippen LogP contribution in [0, 0.1) is 10.7 Å². The van der Waals surface area contributed by atoms with Crippen molar-refractivity contribution in [2.75, 3.05) is 30.3 Å². The van der Waals surface area contributed by atoms with Crippen LogP contribution < -0.4 is 4.90 Å². The summed E-state index contributed by atoms with van der Waals surface area (Å²) < 4.78 is 0. The Hall–Kier alpha value is -1.71. The van der Waals surface area contributed by atoms with Gasteiger partial charge >= 0.3 is 5.97 Å². The van der Waals surface area contributed by atoms with Gasteiger partial charge in [-0.2, -0.15) is 5.26 Å². The molecule has 0 saturated carbocycles. The van der Waals surface area contributed by atoms with Gasteiger partial charge in [0.25, 0.3) is 0 Å². The third-order valence-corrected chi connectivity index (χ3v) is 3.07. The Morgan fingerprint density at radius 3 is 2.53 bits per heavy atom. The molecule has 0 heterocycles. The van der Waals surface area contributed by atoms with Gasteiger partial charge in [-0.25, -0.2) is 0 Å². The average molecular weight is 280 g/mol. The van der Waals surface area contributed by atoms with Crippen LogP contribution in [0.25, 0.3) is 0 Å². The van der Waals surface area contributed by atoms with Gasteiger partial charge in [0.1, 0.15) is 5.40 Å². The third-order valence-electron chi connectivity index (χ3n) is 2.55. The van der Waals surface area contributed by atoms with Crippen LogP contribution in [0.4, 0.5) is 5.69 Å². The van der Waals surface area contributed by atoms with Gasteiger partial charge < -0.3 is 15.1 Å². The van der Waals surface area contributed by atoms with Gasteiger partial charge in [0.05, 0.1) is 13.0 Å². The van der Waals surface area contributed by atoms with Crippen LogP contribution in [0.3, 0.4) is 0 Å². The zero-order valence-corrected chi connectivity index (χ0v) is 11.3. The van der Waals surface area contributed by atoms with E-state index in [4.69, 9.17) is 15.5 Å². The molecule has 1 aromatic rings. The Balaban J connectivity index is 2.68. The van der Waals surface area contributed by atoms with E-state index in [1.54, 1.807) is 12.1 Å². The summed E-state index contributed by atoms with van der Waals surface area (Å²) in [6.45, 7) is 1.19. The van der Waals surface area contributed by atoms with E-state index in [9.17, 15) is 4.79 Å². The first-order valence-electron chi connectivity index (χ1n) is 5.84. The fraction of sp³-hybridized carbons (Fsp3) is 0.385. The van der Waals surface area contributed by atoms with E-state index in [1.807, 2.05) is 22.4 Å². The number of hydrogen-bond donors (Lipinski definition) is 2. The predicted octanol–water partition coefficient (Wildman–Crippen LogP) is 1.33. The second-order valence-electron chi connectivity index (χ2n) is 3.89. The topological polar surface area (TPSA) is 84.6 Å². The molecule has 0 radical (unpaired) electrons. The molecule has 0 saturated heterocycles. The Labute approximate surface area is 116 Å². The molecule has 102 valence electrons. The molecule has 0 unspecified atom stereocenters. The van der Waals surface area contributed by atoms with E-state index in [1.165, 1.54) is 11.8 Å². The number of aliphatic hydroxyl groups excluding tert-OH is 1. The fourth-order valence-electron chi connectivity index (χ4n) is 1.69. The molecule has 0 amide bonds. The van der Waals surface area contributed by atoms with Gasteiger partial charge in [0.2, 0.25) is 0 Å². The largest absolute Gasteiger partial charge is 0.481 e. The van der Waals surface area contributed by atoms with Crippen molar-refractivity contribution < 1.29 is 15.0 Å². The van der Waals surface area contributed by atoms with Gasteiger partial charge in [-0.15, -0.1) is 0 Å². The summed E-state index contributed by atoms with van der Waals surface area (Å²) >= 11 is 1.17. The third kappa shape index (κ3) is 5.64. The summed E-state index contributed by atoms with van der Waals surface area (Å²) in [5, 5.41) is 28.2. The molecule has 1 aromatic carbocycles. The molecule has 0 bridgehead atoms. The zero-order chi connectivity index (χ0) is 14.1. The van der Waals surface area contributed by atoms with Gasteiger partial charge in [-0.3, -0.25) is 4.79 Å². The van der Waals surface area contributed by atoms with Crippen molar-refractivity contribution in [3.8, 4) is 5.40 Å². The SMILES string of the molecule is N#CSCCN(CCO)c1ccc(CC(=O)O)cc1. The molecule has 1 rings (SSSR count). The lowest BCUT2D eigenvalue weighted by Gasteiger charge is -2.23. The number of carboxylic acid groups (broad SMARTS) is 1. The summed E-state index contributed by atoms with van der Waals surface area (Å²) in [4.78, 5) is 12.6. The number of aliphatic carboxylic acids is 1. The zero-order valence-electron chi connectivity index (χ0n) is 10.5. The predicted molar refractivity (Wildman–Crippen MR) is 75.2 cm³/mol. The molecule has 0 spiro atoms. The van der Waals surface area contributed by atoms with E-state index >= 15 is 0 Å². The molecule has 6 heteroatoms. The van der Waals surface area contributed by atoms with Gasteiger partial charge in [-0.05, 0) is 29.5 Å². The normalized spacial score (nSPS) is 9.89. The summed E-state index contributed by atoms with van der Waals surface area (Å²) in [7, 11) is 0. The molecule has 19 heavy (non-hydrogen) atoms. The lowest BCUT2D eigenvalue weighted by molar-refractivity contribution is -0.136. The van der Waals surface area contributed by atoms with E-state index in [-0.39, 0.29) is 13.0 Å². The molecule has 0 atom stereocenters. The quantitative estimate of drug-likeness (QED) is 0.552. The molecule has 2 N–H and O–H groups in total. The molecule has 5 nitrogen and oxygen atoms in total. The number of rotatable bonds is 8. The number of thiocyanates is 1. The van der Waals surface area contributed by atoms with Crippen molar-refractivity contribution in [1.29, 1.82) is 5.26 Å². The Morgan fingerprint density at radius 2 is 2.00 bits per heavy atom. The van der Waals surface area contributed by atoms with Crippen LogP contribution in [0.1, 0.15) is 5.56 Å². The maximum absolute atomic E-state index is 10.6. The number of nitriles is 1. The number of aliphatic hydroxyl groups is 1. The second-order valence-corrected chi connectivity index (χ2v) is 4.77. The molecule has 0 fully saturated rings. The van der Waals surface area contributed by atoms with Crippen molar-refractivity contribution in [1.82, 2.24) is 0 Å². The monoisotopic (exact) mass is 280 g/mol. The highest BCUT2D eigenvalue weighted by molar-refractivity contribution is 8.03. The summed E-state index contributed by atoms with van der Waals surface area (Å²) in [5.74, 6) is -0.196. The summed E-state index contributed by atoms with van der Waals surface area (Å²) in [6, 6.07) is 7.21. The second kappa shape index (κ2) is 8.40. The summed E-state index contributed by atoms with van der Waals surface area (Å²) in [6.07, 6.45) is 0.00453. The molecule has 0 aliphatic carbocycles. The molecular weight excluding hydrogens is 264 g/mol. The minimum atomic E-state index is -0.856. The fourth-order valence-corrected chi connectivity index (χ4v) is 2.09. The lowest BCUT2D eigenvalue weighted by Crippen LogP contribution is -2.28. The molecule has 0 aliphatic heterocycles. The standard InChI is InChI=1S/C13H16N2O3S/c14-10-19-8-6-15(5-7-16)12-3-1-11(2-4-12)9-13(17)18/h1-4,16H,5-9H2,(H,17,18). The van der Waals surface area contributed by atoms with Crippen LogP contribution in [-0.4, -0.2) is 41.6 Å². The number of thioether (sulfide) groups is 1. The first-order chi connectivity index (χ1) is 9.17. The first kappa shape index (κ1) is 15.3. The van der Waals surface area contributed by atoms with E-state index in [2.05, 4.69) is 0 Å². The number of hydrogen-bond acceptors (Lipinski definition) is 5. The smallest absolute Gasteiger partial charge is 0.307 e. The highest BCUT2D eigenvalue weighted by Crippen LogP contribution is 2.16. The number of carboxylic acids is 1. The molecule has 0 aliphatic rings. The number of anilines is 1. The van der Waals surface area contributed by atoms with Crippen molar-refractivity contribution >= 4 is 23.4 Å². The number of nitrogens with zero attached hydrogens (tertiary/aromatic N) is 2. The molecular formula is C13H16N2O3S. The summed E-state index contributed by atoms with van der Waals surface area (Å²) in [5.41, 5.74) is 1.66. The van der Waals surface area contributed by atoms with Gasteiger partial charge in [0, 0.05) is 24.5 Å². The molecule has 0 aromatic heterocycles. The van der Waals surface area contributed by atoms with Crippen molar-refractivity contribution in [2.45, 2.75) is 6.42 Å². The van der Waals surface area contributed by atoms with Crippen LogP contribution in [-0.2, 0) is 11.2 Å². The Bertz CT molecular complexity index is 442. The van der Waals surface area contributed by atoms with E-state index in [0.29, 0.717) is 18.8 Å². The van der Waals surface area contributed by atoms with E-state index in [0.717, 1.165) is 11.3 Å². The van der Waals surface area contributed by atoms with Crippen LogP contribution >= 0.6 is 11.8 Å². The maximum Gasteiger partial charge on any atom is 0.307 e. The average Bonchev–Trinajstić information content (AvgIpc) is 2.38. The minimum absolute atomic E-state index is 0.00453. The highest BCUT2D eigenvalue weighted by Gasteiger charge is 2.07. The number of benzene rings is 1. The van der Waals surface area contributed by atoms with E-state index < -0.39 is 5.97 Å². The Kier molecular flexibility index (Phi) is 6.79. The van der Waals surface area contributed by atoms with Crippen LogP contribution in [0.15, 0.2) is 24.3 Å². The van der Waals surface area contributed by atoms with Crippen molar-refractivity contribution in [2.24, 2.45) is 0 Å². The van der Waals surface area contributed by atoms with Crippen molar-refractivity contribution in [3.05, 3.63) is 29.8 Å². The first-order valence-corrected chi connectivity index (χ1v) is 6.83. The van der Waals surface area contributed by atoms with Gasteiger partial charge in [0.15, 0.2) is 0 Å².